The molecule has 1 aliphatic rings. The van der Waals surface area contributed by atoms with Gasteiger partial charge in [-0.05, 0) is 120 Å². The van der Waals surface area contributed by atoms with E-state index in [2.05, 4.69) is 25.4 Å². The second-order valence-electron chi connectivity index (χ2n) is 15.6. The zero-order valence-electron chi connectivity index (χ0n) is 31.4. The van der Waals surface area contributed by atoms with Crippen molar-refractivity contribution in [2.45, 2.75) is 103 Å². The molecule has 54 heavy (non-hydrogen) atoms. The number of anilines is 1. The van der Waals surface area contributed by atoms with Crippen molar-refractivity contribution < 1.29 is 36.4 Å². The topological polar surface area (TPSA) is 133 Å². The third kappa shape index (κ3) is 10.2. The van der Waals surface area contributed by atoms with E-state index in [-0.39, 0.29) is 17.9 Å². The molecule has 0 aliphatic heterocycles. The van der Waals surface area contributed by atoms with Crippen molar-refractivity contribution in [1.29, 1.82) is 0 Å². The third-order valence-electron chi connectivity index (χ3n) is 8.77. The van der Waals surface area contributed by atoms with Crippen molar-refractivity contribution >= 4 is 29.0 Å². The van der Waals surface area contributed by atoms with Gasteiger partial charge in [0.1, 0.15) is 27.4 Å². The summed E-state index contributed by atoms with van der Waals surface area (Å²) < 4.78 is 80.2. The molecule has 290 valence electrons. The van der Waals surface area contributed by atoms with Crippen molar-refractivity contribution in [3.63, 3.8) is 0 Å². The number of hydrogen-bond acceptors (Lipinski definition) is 7. The minimum absolute atomic E-state index is 0.0246. The molecule has 2 aromatic carbocycles. The van der Waals surface area contributed by atoms with Gasteiger partial charge in [-0.3, -0.25) is 9.78 Å². The lowest BCUT2D eigenvalue weighted by Gasteiger charge is -2.39. The van der Waals surface area contributed by atoms with Crippen LogP contribution in [0, 0.1) is 18.7 Å². The molecule has 2 unspecified atom stereocenters. The Morgan fingerprint density at radius 3 is 2.31 bits per heavy atom. The molecular weight excluding hydrogens is 725 g/mol. The van der Waals surface area contributed by atoms with Gasteiger partial charge in [0.25, 0.3) is 5.91 Å². The summed E-state index contributed by atoms with van der Waals surface area (Å²) in [5, 5.41) is 8.78. The SMILES string of the molecule is Cc1cc(C(CCC2CC2)(N[S+]([O-])C(C)(C)C)c2ccc(F)c(NC(=O)c3cc(C(F)(F)F)nn3-c3cccc(CNC(=O)OC(C)(C)C)c3)c2)ccn1. The van der Waals surface area contributed by atoms with Crippen molar-refractivity contribution in [2.24, 2.45) is 5.92 Å². The maximum atomic E-state index is 15.6. The molecule has 0 bridgehead atoms. The summed E-state index contributed by atoms with van der Waals surface area (Å²) >= 11 is -1.60. The molecule has 2 amide bonds. The van der Waals surface area contributed by atoms with Crippen LogP contribution < -0.4 is 15.4 Å². The molecule has 0 radical (unpaired) electrons. The lowest BCUT2D eigenvalue weighted by atomic mass is 9.79. The number of benzene rings is 2. The number of nitrogens with one attached hydrogen (secondary N) is 3. The summed E-state index contributed by atoms with van der Waals surface area (Å²) in [5.74, 6) is -1.41. The average molecular weight is 771 g/mol. The summed E-state index contributed by atoms with van der Waals surface area (Å²) in [7, 11) is 0. The molecule has 10 nitrogen and oxygen atoms in total. The van der Waals surface area contributed by atoms with E-state index < -0.39 is 62.6 Å². The second kappa shape index (κ2) is 15.7. The quantitative estimate of drug-likeness (QED) is 0.0972. The van der Waals surface area contributed by atoms with Crippen LogP contribution in [0.2, 0.25) is 0 Å². The number of carbonyl (C=O) groups is 2. The Kier molecular flexibility index (Phi) is 11.8. The molecule has 15 heteroatoms. The Bertz CT molecular complexity index is 1990. The van der Waals surface area contributed by atoms with Crippen LogP contribution in [-0.4, -0.2) is 41.7 Å². The smallest absolute Gasteiger partial charge is 0.435 e. The number of nitrogens with zero attached hydrogens (tertiary/aromatic N) is 3. The van der Waals surface area contributed by atoms with Gasteiger partial charge in [-0.15, -0.1) is 4.72 Å². The molecule has 1 saturated carbocycles. The van der Waals surface area contributed by atoms with E-state index in [1.54, 1.807) is 39.1 Å². The van der Waals surface area contributed by atoms with Crippen LogP contribution in [0.4, 0.5) is 28.0 Å². The first-order valence-electron chi connectivity index (χ1n) is 17.6. The highest BCUT2D eigenvalue weighted by molar-refractivity contribution is 7.90. The van der Waals surface area contributed by atoms with E-state index in [9.17, 15) is 27.3 Å². The van der Waals surface area contributed by atoms with Gasteiger partial charge >= 0.3 is 12.3 Å². The highest BCUT2D eigenvalue weighted by Gasteiger charge is 2.44. The van der Waals surface area contributed by atoms with Crippen LogP contribution in [0.25, 0.3) is 5.69 Å². The van der Waals surface area contributed by atoms with Crippen LogP contribution in [-0.2, 0) is 34.4 Å². The van der Waals surface area contributed by atoms with Gasteiger partial charge in [0.15, 0.2) is 5.69 Å². The van der Waals surface area contributed by atoms with Crippen molar-refractivity contribution in [3.05, 3.63) is 106 Å². The van der Waals surface area contributed by atoms with Crippen LogP contribution >= 0.6 is 0 Å². The molecular formula is C39H46F4N6O4S. The van der Waals surface area contributed by atoms with E-state index in [0.717, 1.165) is 29.5 Å². The number of aryl methyl sites for hydroxylation is 1. The maximum absolute atomic E-state index is 15.6. The predicted molar refractivity (Wildman–Crippen MR) is 199 cm³/mol. The lowest BCUT2D eigenvalue weighted by Crippen LogP contribution is -2.52. The molecule has 1 fully saturated rings. The van der Waals surface area contributed by atoms with Gasteiger partial charge in [0.2, 0.25) is 0 Å². The van der Waals surface area contributed by atoms with E-state index in [4.69, 9.17) is 4.74 Å². The summed E-state index contributed by atoms with van der Waals surface area (Å²) in [5.41, 5.74) is -1.46. The molecule has 1 aliphatic carbocycles. The Hall–Kier alpha value is -4.47. The number of alkyl halides is 3. The van der Waals surface area contributed by atoms with Gasteiger partial charge in [0, 0.05) is 35.9 Å². The van der Waals surface area contributed by atoms with Crippen LogP contribution in [0.1, 0.15) is 106 Å². The van der Waals surface area contributed by atoms with E-state index >= 15 is 4.39 Å². The van der Waals surface area contributed by atoms with Crippen LogP contribution in [0.5, 0.6) is 0 Å². The fraction of sp³-hybridized carbons (Fsp3) is 0.436. The molecule has 2 heterocycles. The molecule has 2 atom stereocenters. The first-order valence-corrected chi connectivity index (χ1v) is 18.8. The van der Waals surface area contributed by atoms with Gasteiger partial charge in [-0.25, -0.2) is 13.9 Å². The minimum Gasteiger partial charge on any atom is -0.598 e. The van der Waals surface area contributed by atoms with Gasteiger partial charge < -0.3 is 19.9 Å². The van der Waals surface area contributed by atoms with Gasteiger partial charge in [-0.1, -0.05) is 31.0 Å². The highest BCUT2D eigenvalue weighted by Crippen LogP contribution is 2.43. The number of carbonyl (C=O) groups excluding carboxylic acids is 2. The molecule has 3 N–H and O–H groups in total. The molecule has 0 saturated heterocycles. The molecule has 5 rings (SSSR count). The minimum atomic E-state index is -4.90. The number of hydrogen-bond donors (Lipinski definition) is 3. The van der Waals surface area contributed by atoms with E-state index in [0.29, 0.717) is 35.2 Å². The number of aromatic nitrogens is 3. The highest BCUT2D eigenvalue weighted by atomic mass is 32.2. The molecule has 0 spiro atoms. The fourth-order valence-corrected chi connectivity index (χ4v) is 6.77. The first kappa shape index (κ1) is 40.7. The monoisotopic (exact) mass is 770 g/mol. The number of alkyl carbamates (subject to hydrolysis) is 1. The number of amides is 2. The number of ether oxygens (including phenoxy) is 1. The summed E-state index contributed by atoms with van der Waals surface area (Å²) in [4.78, 5) is 30.4. The van der Waals surface area contributed by atoms with Crippen LogP contribution in [0.15, 0.2) is 66.9 Å². The summed E-state index contributed by atoms with van der Waals surface area (Å²) in [6.07, 6.45) is -0.550. The number of pyridine rings is 1. The molecule has 4 aromatic rings. The van der Waals surface area contributed by atoms with Crippen molar-refractivity contribution in [1.82, 2.24) is 24.8 Å². The Morgan fingerprint density at radius 1 is 0.981 bits per heavy atom. The normalized spacial score (nSPS) is 15.3. The standard InChI is InChI=1S/C39H46F4N6O4S/c1-24-19-28(16-18-44-24)38(17-15-25-11-12-25,48-54(52)37(5,6)7)27-13-14-30(40)31(21-27)46-34(50)32-22-33(39(41,42)43)47-49(32)29-10-8-9-26(20-29)23-45-35(51)53-36(2,3)4/h8-10,13-14,16,18-22,25,48H,11-12,15,17,23H2,1-7H3,(H,45,51)(H,46,50). The van der Waals surface area contributed by atoms with E-state index in [1.165, 1.54) is 30.3 Å². The predicted octanol–water partition coefficient (Wildman–Crippen LogP) is 8.50. The summed E-state index contributed by atoms with van der Waals surface area (Å²) in [6.45, 7) is 12.4. The number of halogens is 4. The van der Waals surface area contributed by atoms with Gasteiger partial charge in [-0.2, -0.15) is 18.3 Å². The number of rotatable bonds is 12. The Labute approximate surface area is 315 Å². The van der Waals surface area contributed by atoms with Gasteiger partial charge in [0.05, 0.1) is 11.4 Å². The van der Waals surface area contributed by atoms with Crippen LogP contribution in [0.3, 0.4) is 0 Å². The average Bonchev–Trinajstić information content (AvgIpc) is 3.79. The first-order chi connectivity index (χ1) is 25.1. The third-order valence-corrected chi connectivity index (χ3v) is 10.4. The fourth-order valence-electron chi connectivity index (χ4n) is 5.81. The van der Waals surface area contributed by atoms with Crippen molar-refractivity contribution in [2.75, 3.05) is 5.32 Å². The zero-order valence-corrected chi connectivity index (χ0v) is 32.2. The molecule has 2 aromatic heterocycles. The Morgan fingerprint density at radius 2 is 1.69 bits per heavy atom. The largest absolute Gasteiger partial charge is 0.598 e. The lowest BCUT2D eigenvalue weighted by molar-refractivity contribution is -0.141. The second-order valence-corrected chi connectivity index (χ2v) is 17.5. The van der Waals surface area contributed by atoms with Crippen molar-refractivity contribution in [3.8, 4) is 5.69 Å². The van der Waals surface area contributed by atoms with E-state index in [1.807, 2.05) is 39.8 Å². The zero-order chi connectivity index (χ0) is 39.6. The Balaban J connectivity index is 1.53. The summed E-state index contributed by atoms with van der Waals surface area (Å²) in [6, 6.07) is 14.5. The maximum Gasteiger partial charge on any atom is 0.435 e.